The molecule has 4 nitrogen and oxygen atoms in total. The van der Waals surface area contributed by atoms with Gasteiger partial charge in [-0.25, -0.2) is 0 Å². The molecule has 0 spiro atoms. The molecule has 1 N–H and O–H groups in total. The Morgan fingerprint density at radius 2 is 2.00 bits per heavy atom. The van der Waals surface area contributed by atoms with Crippen LogP contribution in [0.4, 0.5) is 0 Å². The molecule has 0 aromatic heterocycles. The Labute approximate surface area is 102 Å². The van der Waals surface area contributed by atoms with Crippen LogP contribution in [0.1, 0.15) is 32.4 Å². The van der Waals surface area contributed by atoms with Gasteiger partial charge >= 0.3 is 0 Å². The average molecular weight is 237 g/mol. The van der Waals surface area contributed by atoms with Crippen molar-refractivity contribution < 1.29 is 14.3 Å². The van der Waals surface area contributed by atoms with E-state index in [2.05, 4.69) is 26.3 Å². The predicted octanol–water partition coefficient (Wildman–Crippen LogP) is 2.65. The van der Waals surface area contributed by atoms with E-state index in [0.717, 1.165) is 17.1 Å². The van der Waals surface area contributed by atoms with Crippen LogP contribution in [0.15, 0.2) is 18.2 Å². The predicted molar refractivity (Wildman–Crippen MR) is 64.9 cm³/mol. The molecule has 0 saturated heterocycles. The molecule has 17 heavy (non-hydrogen) atoms. The van der Waals surface area contributed by atoms with Crippen LogP contribution in [0.2, 0.25) is 0 Å². The van der Waals surface area contributed by atoms with Crippen molar-refractivity contribution in [3.63, 3.8) is 0 Å². The highest BCUT2D eigenvalue weighted by atomic mass is 16.7. The molecule has 0 bridgehead atoms. The molecule has 1 aromatic rings. The van der Waals surface area contributed by atoms with Gasteiger partial charge in [-0.3, -0.25) is 0 Å². The Kier molecular flexibility index (Phi) is 3.86. The van der Waals surface area contributed by atoms with Crippen LogP contribution in [0.25, 0.3) is 0 Å². The molecule has 0 amide bonds. The first-order valence-corrected chi connectivity index (χ1v) is 5.93. The van der Waals surface area contributed by atoms with Crippen LogP contribution in [0.5, 0.6) is 11.5 Å². The summed E-state index contributed by atoms with van der Waals surface area (Å²) in [5.41, 5.74) is 4.15. The number of hydroxylamine groups is 1. The standard InChI is InChI=1S/C13H19NO3/c1-9(2)7-17-14-10(3)11-4-5-12-13(6-11)16-8-15-12/h4-6,9-10,14H,7-8H2,1-3H3. The molecular formula is C13H19NO3. The van der Waals surface area contributed by atoms with Gasteiger partial charge in [-0.15, -0.1) is 0 Å². The van der Waals surface area contributed by atoms with Gasteiger partial charge in [0.2, 0.25) is 6.79 Å². The molecule has 94 valence electrons. The first-order chi connectivity index (χ1) is 8.16. The molecule has 1 heterocycles. The molecule has 0 saturated carbocycles. The van der Waals surface area contributed by atoms with Crippen molar-refractivity contribution in [1.82, 2.24) is 5.48 Å². The Balaban J connectivity index is 1.92. The smallest absolute Gasteiger partial charge is 0.231 e. The molecule has 4 heteroatoms. The zero-order chi connectivity index (χ0) is 12.3. The minimum Gasteiger partial charge on any atom is -0.454 e. The second kappa shape index (κ2) is 5.38. The van der Waals surface area contributed by atoms with Crippen LogP contribution in [0.3, 0.4) is 0 Å². The maximum Gasteiger partial charge on any atom is 0.231 e. The quantitative estimate of drug-likeness (QED) is 0.799. The summed E-state index contributed by atoms with van der Waals surface area (Å²) in [7, 11) is 0. The number of fused-ring (bicyclic) bond motifs is 1. The fourth-order valence-electron chi connectivity index (χ4n) is 1.59. The molecule has 1 aliphatic heterocycles. The summed E-state index contributed by atoms with van der Waals surface area (Å²) in [4.78, 5) is 5.41. The first kappa shape index (κ1) is 12.2. The van der Waals surface area contributed by atoms with E-state index >= 15 is 0 Å². The molecule has 1 unspecified atom stereocenters. The lowest BCUT2D eigenvalue weighted by atomic mass is 10.1. The second-order valence-electron chi connectivity index (χ2n) is 4.66. The van der Waals surface area contributed by atoms with E-state index in [1.165, 1.54) is 0 Å². The zero-order valence-electron chi connectivity index (χ0n) is 10.5. The van der Waals surface area contributed by atoms with Crippen LogP contribution in [0, 0.1) is 5.92 Å². The molecule has 1 aromatic carbocycles. The van der Waals surface area contributed by atoms with E-state index in [1.807, 2.05) is 18.2 Å². The minimum atomic E-state index is 0.128. The fourth-order valence-corrected chi connectivity index (χ4v) is 1.59. The lowest BCUT2D eigenvalue weighted by Gasteiger charge is -2.15. The summed E-state index contributed by atoms with van der Waals surface area (Å²) >= 11 is 0. The van der Waals surface area contributed by atoms with Crippen LogP contribution in [-0.2, 0) is 4.84 Å². The number of rotatable bonds is 5. The minimum absolute atomic E-state index is 0.128. The summed E-state index contributed by atoms with van der Waals surface area (Å²) in [6, 6.07) is 6.06. The van der Waals surface area contributed by atoms with Gasteiger partial charge in [-0.1, -0.05) is 19.9 Å². The molecule has 0 radical (unpaired) electrons. The van der Waals surface area contributed by atoms with Crippen molar-refractivity contribution in [1.29, 1.82) is 0 Å². The number of ether oxygens (including phenoxy) is 2. The summed E-state index contributed by atoms with van der Waals surface area (Å²) < 4.78 is 10.6. The van der Waals surface area contributed by atoms with Gasteiger partial charge in [0.25, 0.3) is 0 Å². The largest absolute Gasteiger partial charge is 0.454 e. The summed E-state index contributed by atoms with van der Waals surface area (Å²) in [6.45, 7) is 7.30. The fraction of sp³-hybridized carbons (Fsp3) is 0.538. The Morgan fingerprint density at radius 1 is 1.24 bits per heavy atom. The zero-order valence-corrected chi connectivity index (χ0v) is 10.5. The Bertz CT molecular complexity index is 379. The molecule has 0 fully saturated rings. The topological polar surface area (TPSA) is 39.7 Å². The highest BCUT2D eigenvalue weighted by molar-refractivity contribution is 5.45. The summed E-state index contributed by atoms with van der Waals surface area (Å²) in [6.07, 6.45) is 0. The van der Waals surface area contributed by atoms with Crippen molar-refractivity contribution in [2.45, 2.75) is 26.8 Å². The third-order valence-corrected chi connectivity index (χ3v) is 2.57. The van der Waals surface area contributed by atoms with E-state index < -0.39 is 0 Å². The maximum absolute atomic E-state index is 5.41. The van der Waals surface area contributed by atoms with Gasteiger partial charge in [-0.2, -0.15) is 5.48 Å². The maximum atomic E-state index is 5.41. The number of hydrogen-bond acceptors (Lipinski definition) is 4. The molecular weight excluding hydrogens is 218 g/mol. The van der Waals surface area contributed by atoms with Gasteiger partial charge in [0.05, 0.1) is 12.6 Å². The van der Waals surface area contributed by atoms with Crippen molar-refractivity contribution >= 4 is 0 Å². The highest BCUT2D eigenvalue weighted by Crippen LogP contribution is 2.34. The highest BCUT2D eigenvalue weighted by Gasteiger charge is 2.15. The van der Waals surface area contributed by atoms with E-state index in [4.69, 9.17) is 14.3 Å². The average Bonchev–Trinajstić information content (AvgIpc) is 2.75. The van der Waals surface area contributed by atoms with Crippen molar-refractivity contribution in [3.8, 4) is 11.5 Å². The van der Waals surface area contributed by atoms with Gasteiger partial charge in [0.1, 0.15) is 0 Å². The van der Waals surface area contributed by atoms with Gasteiger partial charge < -0.3 is 14.3 Å². The van der Waals surface area contributed by atoms with Crippen LogP contribution in [-0.4, -0.2) is 13.4 Å². The van der Waals surface area contributed by atoms with Crippen molar-refractivity contribution in [3.05, 3.63) is 23.8 Å². The summed E-state index contributed by atoms with van der Waals surface area (Å²) in [5, 5.41) is 0. The summed E-state index contributed by atoms with van der Waals surface area (Å²) in [5.74, 6) is 2.13. The normalized spacial score (nSPS) is 15.3. The van der Waals surface area contributed by atoms with Gasteiger partial charge in [-0.05, 0) is 30.5 Å². The van der Waals surface area contributed by atoms with Crippen LogP contribution >= 0.6 is 0 Å². The number of hydrogen-bond donors (Lipinski definition) is 1. The Hall–Kier alpha value is -1.26. The van der Waals surface area contributed by atoms with Crippen molar-refractivity contribution in [2.75, 3.05) is 13.4 Å². The van der Waals surface area contributed by atoms with E-state index in [1.54, 1.807) is 0 Å². The lowest BCUT2D eigenvalue weighted by molar-refractivity contribution is 0.00407. The third kappa shape index (κ3) is 3.11. The molecule has 1 aliphatic rings. The molecule has 0 aliphatic carbocycles. The van der Waals surface area contributed by atoms with E-state index in [9.17, 15) is 0 Å². The van der Waals surface area contributed by atoms with Crippen molar-refractivity contribution in [2.24, 2.45) is 5.92 Å². The van der Waals surface area contributed by atoms with Gasteiger partial charge in [0, 0.05) is 0 Å². The number of nitrogens with one attached hydrogen (secondary N) is 1. The third-order valence-electron chi connectivity index (χ3n) is 2.57. The molecule has 2 rings (SSSR count). The van der Waals surface area contributed by atoms with Crippen LogP contribution < -0.4 is 15.0 Å². The Morgan fingerprint density at radius 3 is 2.76 bits per heavy atom. The van der Waals surface area contributed by atoms with E-state index in [-0.39, 0.29) is 6.04 Å². The second-order valence-corrected chi connectivity index (χ2v) is 4.66. The first-order valence-electron chi connectivity index (χ1n) is 5.93. The van der Waals surface area contributed by atoms with Gasteiger partial charge in [0.15, 0.2) is 11.5 Å². The lowest BCUT2D eigenvalue weighted by Crippen LogP contribution is -2.21. The SMILES string of the molecule is CC(C)CONC(C)c1ccc2c(c1)OCO2. The molecule has 1 atom stereocenters. The number of benzene rings is 1. The monoisotopic (exact) mass is 237 g/mol. The van der Waals surface area contributed by atoms with E-state index in [0.29, 0.717) is 19.3 Å².